The Kier molecular flexibility index (Phi) is 3.60. The Hall–Kier alpha value is -2.36. The monoisotopic (exact) mass is 286 g/mol. The van der Waals surface area contributed by atoms with Gasteiger partial charge in [-0.05, 0) is 42.2 Å². The van der Waals surface area contributed by atoms with Crippen LogP contribution in [-0.4, -0.2) is 23.9 Å². The summed E-state index contributed by atoms with van der Waals surface area (Å²) in [7, 11) is 1.54. The molecule has 1 unspecified atom stereocenters. The molecule has 1 atom stereocenters. The number of fused-ring (bicyclic) bond motifs is 1. The molecule has 0 fully saturated rings. The van der Waals surface area contributed by atoms with E-state index in [-0.39, 0.29) is 17.4 Å². The van der Waals surface area contributed by atoms with E-state index in [1.807, 2.05) is 18.2 Å². The molecule has 0 saturated carbocycles. The zero-order valence-electron chi connectivity index (χ0n) is 11.9. The maximum Gasteiger partial charge on any atom is 0.160 e. The quantitative estimate of drug-likeness (QED) is 0.890. The lowest BCUT2D eigenvalue weighted by Gasteiger charge is -2.16. The van der Waals surface area contributed by atoms with Gasteiger partial charge in [-0.25, -0.2) is 0 Å². The van der Waals surface area contributed by atoms with Crippen molar-refractivity contribution in [2.45, 2.75) is 18.8 Å². The van der Waals surface area contributed by atoms with Crippen molar-refractivity contribution in [2.24, 2.45) is 0 Å². The Balaban J connectivity index is 1.83. The predicted molar refractivity (Wildman–Crippen MR) is 79.3 cm³/mol. The Morgan fingerprint density at radius 3 is 2.81 bits per heavy atom. The second-order valence-corrected chi connectivity index (χ2v) is 5.27. The summed E-state index contributed by atoms with van der Waals surface area (Å²) in [5, 5.41) is 19.2. The molecule has 0 saturated heterocycles. The van der Waals surface area contributed by atoms with Gasteiger partial charge in [-0.1, -0.05) is 12.1 Å². The smallest absolute Gasteiger partial charge is 0.160 e. The first-order valence-electron chi connectivity index (χ1n) is 6.99. The molecule has 2 aromatic carbocycles. The van der Waals surface area contributed by atoms with Crippen LogP contribution >= 0.6 is 0 Å². The third-order valence-corrected chi connectivity index (χ3v) is 3.93. The molecule has 0 bridgehead atoms. The summed E-state index contributed by atoms with van der Waals surface area (Å²) in [4.78, 5) is 0. The van der Waals surface area contributed by atoms with Crippen LogP contribution in [0.4, 0.5) is 0 Å². The summed E-state index contributed by atoms with van der Waals surface area (Å²) < 4.78 is 11.0. The standard InChI is InChI=1S/C17H18O4/c1-20-17-8-12(5-7-15(17)19)13-3-2-11-4-6-14(18)9-16(11)21-10-13/h4-9,13,18-19H,2-3,10H2,1H3. The first-order valence-corrected chi connectivity index (χ1v) is 6.99. The first-order chi connectivity index (χ1) is 10.2. The van der Waals surface area contributed by atoms with Crippen LogP contribution in [0.2, 0.25) is 0 Å². The fraction of sp³-hybridized carbons (Fsp3) is 0.294. The molecule has 2 N–H and O–H groups in total. The van der Waals surface area contributed by atoms with E-state index in [0.717, 1.165) is 29.7 Å². The van der Waals surface area contributed by atoms with Crippen molar-refractivity contribution in [1.82, 2.24) is 0 Å². The number of phenols is 2. The average Bonchev–Trinajstić information content (AvgIpc) is 2.70. The molecule has 3 rings (SSSR count). The molecule has 21 heavy (non-hydrogen) atoms. The van der Waals surface area contributed by atoms with Crippen LogP contribution in [0.1, 0.15) is 23.5 Å². The van der Waals surface area contributed by atoms with Gasteiger partial charge in [0.15, 0.2) is 11.5 Å². The number of rotatable bonds is 2. The Labute approximate surface area is 123 Å². The second-order valence-electron chi connectivity index (χ2n) is 5.27. The van der Waals surface area contributed by atoms with Crippen molar-refractivity contribution in [3.05, 3.63) is 47.5 Å². The first kappa shape index (κ1) is 13.6. The van der Waals surface area contributed by atoms with Crippen LogP contribution in [0.3, 0.4) is 0 Å². The number of aryl methyl sites for hydroxylation is 1. The van der Waals surface area contributed by atoms with Crippen molar-refractivity contribution in [1.29, 1.82) is 0 Å². The van der Waals surface area contributed by atoms with E-state index in [0.29, 0.717) is 12.4 Å². The van der Waals surface area contributed by atoms with E-state index in [1.54, 1.807) is 25.3 Å². The van der Waals surface area contributed by atoms with Gasteiger partial charge in [0.2, 0.25) is 0 Å². The van der Waals surface area contributed by atoms with Crippen LogP contribution in [0.25, 0.3) is 0 Å². The van der Waals surface area contributed by atoms with Crippen LogP contribution in [-0.2, 0) is 6.42 Å². The minimum Gasteiger partial charge on any atom is -0.508 e. The fourth-order valence-corrected chi connectivity index (χ4v) is 2.70. The topological polar surface area (TPSA) is 58.9 Å². The van der Waals surface area contributed by atoms with E-state index in [2.05, 4.69) is 0 Å². The summed E-state index contributed by atoms with van der Waals surface area (Å²) in [6, 6.07) is 10.7. The lowest BCUT2D eigenvalue weighted by atomic mass is 9.93. The third-order valence-electron chi connectivity index (χ3n) is 3.93. The molecular weight excluding hydrogens is 268 g/mol. The van der Waals surface area contributed by atoms with Gasteiger partial charge < -0.3 is 19.7 Å². The molecule has 0 amide bonds. The van der Waals surface area contributed by atoms with Crippen molar-refractivity contribution in [2.75, 3.05) is 13.7 Å². The summed E-state index contributed by atoms with van der Waals surface area (Å²) in [6.45, 7) is 0.546. The third kappa shape index (κ3) is 2.75. The maximum atomic E-state index is 9.68. The highest BCUT2D eigenvalue weighted by atomic mass is 16.5. The van der Waals surface area contributed by atoms with Gasteiger partial charge in [0.25, 0.3) is 0 Å². The van der Waals surface area contributed by atoms with E-state index in [1.165, 1.54) is 0 Å². The van der Waals surface area contributed by atoms with Crippen molar-refractivity contribution in [3.8, 4) is 23.0 Å². The average molecular weight is 286 g/mol. The van der Waals surface area contributed by atoms with Crippen LogP contribution in [0, 0.1) is 0 Å². The fourth-order valence-electron chi connectivity index (χ4n) is 2.70. The molecule has 0 aliphatic carbocycles. The Bertz CT molecular complexity index is 651. The molecule has 1 aliphatic heterocycles. The van der Waals surface area contributed by atoms with Crippen molar-refractivity contribution in [3.63, 3.8) is 0 Å². The predicted octanol–water partition coefficient (Wildman–Crippen LogP) is 3.22. The van der Waals surface area contributed by atoms with Gasteiger partial charge in [-0.2, -0.15) is 0 Å². The van der Waals surface area contributed by atoms with Gasteiger partial charge in [-0.3, -0.25) is 0 Å². The van der Waals surface area contributed by atoms with Gasteiger partial charge >= 0.3 is 0 Å². The second kappa shape index (κ2) is 5.56. The molecule has 0 radical (unpaired) electrons. The van der Waals surface area contributed by atoms with Crippen LogP contribution in [0.15, 0.2) is 36.4 Å². The molecule has 4 nitrogen and oxygen atoms in total. The summed E-state index contributed by atoms with van der Waals surface area (Å²) in [5.41, 5.74) is 2.20. The highest BCUT2D eigenvalue weighted by Gasteiger charge is 2.20. The largest absolute Gasteiger partial charge is 0.508 e. The normalized spacial score (nSPS) is 17.5. The lowest BCUT2D eigenvalue weighted by Crippen LogP contribution is -2.08. The zero-order valence-corrected chi connectivity index (χ0v) is 11.9. The van der Waals surface area contributed by atoms with Gasteiger partial charge in [0.05, 0.1) is 13.7 Å². The summed E-state index contributed by atoms with van der Waals surface area (Å²) in [6.07, 6.45) is 1.84. The minimum atomic E-state index is 0.143. The molecule has 1 aliphatic rings. The van der Waals surface area contributed by atoms with Crippen LogP contribution < -0.4 is 9.47 Å². The highest BCUT2D eigenvalue weighted by Crippen LogP contribution is 2.35. The molecule has 1 heterocycles. The molecule has 110 valence electrons. The lowest BCUT2D eigenvalue weighted by molar-refractivity contribution is 0.291. The number of benzene rings is 2. The molecule has 0 spiro atoms. The molecule has 2 aromatic rings. The van der Waals surface area contributed by atoms with E-state index < -0.39 is 0 Å². The number of methoxy groups -OCH3 is 1. The molecule has 4 heteroatoms. The van der Waals surface area contributed by atoms with Gasteiger partial charge in [-0.15, -0.1) is 0 Å². The Morgan fingerprint density at radius 1 is 1.14 bits per heavy atom. The minimum absolute atomic E-state index is 0.143. The van der Waals surface area contributed by atoms with E-state index >= 15 is 0 Å². The molecular formula is C17H18O4. The molecule has 0 aromatic heterocycles. The Morgan fingerprint density at radius 2 is 2.00 bits per heavy atom. The summed E-state index contributed by atoms with van der Waals surface area (Å²) >= 11 is 0. The van der Waals surface area contributed by atoms with Gasteiger partial charge in [0, 0.05) is 12.0 Å². The van der Waals surface area contributed by atoms with E-state index in [9.17, 15) is 10.2 Å². The van der Waals surface area contributed by atoms with Gasteiger partial charge in [0.1, 0.15) is 11.5 Å². The summed E-state index contributed by atoms with van der Waals surface area (Å²) in [5.74, 6) is 1.83. The number of ether oxygens (including phenoxy) is 2. The highest BCUT2D eigenvalue weighted by molar-refractivity contribution is 5.44. The van der Waals surface area contributed by atoms with Crippen LogP contribution in [0.5, 0.6) is 23.0 Å². The number of hydrogen-bond donors (Lipinski definition) is 2. The van der Waals surface area contributed by atoms with E-state index in [4.69, 9.17) is 9.47 Å². The number of phenolic OH excluding ortho intramolecular Hbond substituents is 2. The van der Waals surface area contributed by atoms with Crippen molar-refractivity contribution >= 4 is 0 Å². The number of aromatic hydroxyl groups is 2. The zero-order chi connectivity index (χ0) is 14.8. The SMILES string of the molecule is COc1cc(C2CCc3ccc(O)cc3OC2)ccc1O. The van der Waals surface area contributed by atoms with Crippen molar-refractivity contribution < 1.29 is 19.7 Å². The number of hydrogen-bond acceptors (Lipinski definition) is 4. The maximum absolute atomic E-state index is 9.68.